The largest absolute Gasteiger partial charge is 0.0654 e. The quantitative estimate of drug-likeness (QED) is 0.265. The molecule has 0 fully saturated rings. The highest BCUT2D eigenvalue weighted by molar-refractivity contribution is 4.47. The summed E-state index contributed by atoms with van der Waals surface area (Å²) in [4.78, 5) is 0. The molecule has 0 aromatic rings. The summed E-state index contributed by atoms with van der Waals surface area (Å²) in [5, 5.41) is 0. The highest BCUT2D eigenvalue weighted by Gasteiger charge is 1.91. The van der Waals surface area contributed by atoms with Crippen molar-refractivity contribution in [3.05, 3.63) is 0 Å². The van der Waals surface area contributed by atoms with Gasteiger partial charge in [-0.15, -0.1) is 0 Å². The molecule has 0 rings (SSSR count). The van der Waals surface area contributed by atoms with Crippen molar-refractivity contribution in [1.29, 1.82) is 0 Å². The second kappa shape index (κ2) is 25.0. The van der Waals surface area contributed by atoms with Crippen LogP contribution in [0.25, 0.3) is 0 Å². The molecule has 0 aliphatic rings. The summed E-state index contributed by atoms with van der Waals surface area (Å²) in [5.74, 6) is 0. The van der Waals surface area contributed by atoms with Gasteiger partial charge in [-0.3, -0.25) is 0 Å². The topological polar surface area (TPSA) is 0 Å². The second-order valence-electron chi connectivity index (χ2n) is 6.60. The third-order valence-electron chi connectivity index (χ3n) is 4.16. The Morgan fingerprint density at radius 2 is 0.381 bits per heavy atom. The van der Waals surface area contributed by atoms with Crippen LogP contribution in [0.15, 0.2) is 0 Å². The summed E-state index contributed by atoms with van der Waals surface area (Å²) >= 11 is 0. The Labute approximate surface area is 137 Å². The maximum Gasteiger partial charge on any atom is -0.0533 e. The van der Waals surface area contributed by atoms with Crippen molar-refractivity contribution in [2.75, 3.05) is 0 Å². The van der Waals surface area contributed by atoms with Crippen LogP contribution in [-0.4, -0.2) is 0 Å². The van der Waals surface area contributed by atoms with Gasteiger partial charge in [0.2, 0.25) is 0 Å². The zero-order chi connectivity index (χ0) is 16.0. The van der Waals surface area contributed by atoms with Crippen LogP contribution in [0.5, 0.6) is 0 Å². The van der Waals surface area contributed by atoms with Crippen LogP contribution in [0.1, 0.15) is 137 Å². The molecule has 130 valence electrons. The van der Waals surface area contributed by atoms with Gasteiger partial charge in [0.15, 0.2) is 0 Å². The van der Waals surface area contributed by atoms with Crippen molar-refractivity contribution in [3.63, 3.8) is 0 Å². The normalized spacial score (nSPS) is 10.3. The first-order chi connectivity index (χ1) is 10.3. The van der Waals surface area contributed by atoms with E-state index in [1.807, 2.05) is 0 Å². The number of unbranched alkanes of at least 4 members (excludes halogenated alkanes) is 15. The smallest absolute Gasteiger partial charge is 0.0533 e. The van der Waals surface area contributed by atoms with Gasteiger partial charge in [-0.05, 0) is 0 Å². The van der Waals surface area contributed by atoms with Gasteiger partial charge in [0.05, 0.1) is 0 Å². The first-order valence-electron chi connectivity index (χ1n) is 10.3. The standard InChI is InChI=1S/C14H30.C7H16/c1-3-5-7-9-11-13-14-12-10-8-6-4-2;1-3-5-7-6-4-2/h3-14H2,1-2H3;3-7H2,1-2H3. The van der Waals surface area contributed by atoms with E-state index in [0.29, 0.717) is 0 Å². The van der Waals surface area contributed by atoms with Gasteiger partial charge in [0, 0.05) is 0 Å². The number of hydrogen-bond donors (Lipinski definition) is 0. The highest BCUT2D eigenvalue weighted by Crippen LogP contribution is 2.11. The van der Waals surface area contributed by atoms with E-state index in [2.05, 4.69) is 27.7 Å². The molecular weight excluding hydrogens is 252 g/mol. The maximum absolute atomic E-state index is 2.29. The molecule has 0 bridgehead atoms. The van der Waals surface area contributed by atoms with E-state index in [9.17, 15) is 0 Å². The minimum Gasteiger partial charge on any atom is -0.0654 e. The third kappa shape index (κ3) is 28.8. The first-order valence-corrected chi connectivity index (χ1v) is 10.3. The van der Waals surface area contributed by atoms with E-state index in [0.717, 1.165) is 0 Å². The second-order valence-corrected chi connectivity index (χ2v) is 6.60. The molecule has 0 saturated carbocycles. The van der Waals surface area contributed by atoms with E-state index in [4.69, 9.17) is 0 Å². The minimum atomic E-state index is 1.36. The van der Waals surface area contributed by atoms with Gasteiger partial charge >= 0.3 is 0 Å². The summed E-state index contributed by atoms with van der Waals surface area (Å²) < 4.78 is 0. The zero-order valence-corrected chi connectivity index (χ0v) is 16.0. The highest BCUT2D eigenvalue weighted by atomic mass is 14.0. The monoisotopic (exact) mass is 298 g/mol. The molecule has 0 unspecified atom stereocenters. The average Bonchev–Trinajstić information content (AvgIpc) is 2.50. The van der Waals surface area contributed by atoms with Crippen molar-refractivity contribution in [2.24, 2.45) is 0 Å². The Bertz CT molecular complexity index is 123. The Balaban J connectivity index is 0. The van der Waals surface area contributed by atoms with Gasteiger partial charge in [0.1, 0.15) is 0 Å². The van der Waals surface area contributed by atoms with E-state index < -0.39 is 0 Å². The summed E-state index contributed by atoms with van der Waals surface area (Å²) in [6.07, 6.45) is 24.4. The van der Waals surface area contributed by atoms with Crippen LogP contribution in [0.3, 0.4) is 0 Å². The minimum absolute atomic E-state index is 1.36. The lowest BCUT2D eigenvalue weighted by Crippen LogP contribution is -1.81. The lowest BCUT2D eigenvalue weighted by atomic mass is 10.1. The fraction of sp³-hybridized carbons (Fsp3) is 1.00. The van der Waals surface area contributed by atoms with Gasteiger partial charge in [-0.1, -0.05) is 137 Å². The Hall–Kier alpha value is 0. The molecule has 0 heterocycles. The molecule has 0 radical (unpaired) electrons. The Morgan fingerprint density at radius 1 is 0.238 bits per heavy atom. The predicted octanol–water partition coefficient (Wildman–Crippen LogP) is 8.68. The van der Waals surface area contributed by atoms with Gasteiger partial charge in [-0.25, -0.2) is 0 Å². The molecule has 0 amide bonds. The fourth-order valence-electron chi connectivity index (χ4n) is 2.59. The van der Waals surface area contributed by atoms with Crippen LogP contribution in [0, 0.1) is 0 Å². The lowest BCUT2D eigenvalue weighted by Gasteiger charge is -2.01. The summed E-state index contributed by atoms with van der Waals surface area (Å²) in [7, 11) is 0. The van der Waals surface area contributed by atoms with E-state index >= 15 is 0 Å². The zero-order valence-electron chi connectivity index (χ0n) is 16.0. The molecule has 0 aromatic carbocycles. The predicted molar refractivity (Wildman–Crippen MR) is 101 cm³/mol. The number of hydrogen-bond acceptors (Lipinski definition) is 0. The molecule has 0 aliphatic carbocycles. The third-order valence-corrected chi connectivity index (χ3v) is 4.16. The summed E-state index contributed by atoms with van der Waals surface area (Å²) in [6, 6.07) is 0. The molecule has 0 spiro atoms. The number of rotatable bonds is 15. The Morgan fingerprint density at radius 3 is 0.571 bits per heavy atom. The lowest BCUT2D eigenvalue weighted by molar-refractivity contribution is 0.548. The van der Waals surface area contributed by atoms with E-state index in [-0.39, 0.29) is 0 Å². The van der Waals surface area contributed by atoms with Crippen LogP contribution in [0.2, 0.25) is 0 Å². The van der Waals surface area contributed by atoms with Crippen molar-refractivity contribution in [1.82, 2.24) is 0 Å². The summed E-state index contributed by atoms with van der Waals surface area (Å²) in [5.41, 5.74) is 0. The SMILES string of the molecule is CCCCCCC.CCCCCCCCCCCCCC. The van der Waals surface area contributed by atoms with E-state index in [1.54, 1.807) is 0 Å². The average molecular weight is 299 g/mol. The fourth-order valence-corrected chi connectivity index (χ4v) is 2.59. The van der Waals surface area contributed by atoms with Crippen LogP contribution < -0.4 is 0 Å². The molecule has 0 atom stereocenters. The van der Waals surface area contributed by atoms with Gasteiger partial charge < -0.3 is 0 Å². The van der Waals surface area contributed by atoms with Gasteiger partial charge in [0.25, 0.3) is 0 Å². The maximum atomic E-state index is 2.29. The van der Waals surface area contributed by atoms with Crippen LogP contribution >= 0.6 is 0 Å². The van der Waals surface area contributed by atoms with Crippen LogP contribution in [-0.2, 0) is 0 Å². The molecule has 21 heavy (non-hydrogen) atoms. The van der Waals surface area contributed by atoms with Crippen LogP contribution in [0.4, 0.5) is 0 Å². The first kappa shape index (κ1) is 23.3. The van der Waals surface area contributed by atoms with Crippen molar-refractivity contribution < 1.29 is 0 Å². The Kier molecular flexibility index (Phi) is 27.7. The summed E-state index contributed by atoms with van der Waals surface area (Å²) in [6.45, 7) is 9.06. The molecule has 0 saturated heterocycles. The van der Waals surface area contributed by atoms with Gasteiger partial charge in [-0.2, -0.15) is 0 Å². The molecule has 0 heteroatoms. The molecule has 0 aromatic heterocycles. The van der Waals surface area contributed by atoms with Crippen molar-refractivity contribution >= 4 is 0 Å². The molecular formula is C21H46. The molecule has 0 nitrogen and oxygen atoms in total. The van der Waals surface area contributed by atoms with E-state index in [1.165, 1.54) is 109 Å². The van der Waals surface area contributed by atoms with Crippen molar-refractivity contribution in [2.45, 2.75) is 137 Å². The molecule has 0 aliphatic heterocycles. The molecule has 0 N–H and O–H groups in total. The van der Waals surface area contributed by atoms with Crippen molar-refractivity contribution in [3.8, 4) is 0 Å².